The van der Waals surface area contributed by atoms with Crippen LogP contribution in [0.5, 0.6) is 0 Å². The van der Waals surface area contributed by atoms with Crippen LogP contribution in [-0.2, 0) is 23.7 Å². The summed E-state index contributed by atoms with van der Waals surface area (Å²) in [4.78, 5) is 16.1. The minimum absolute atomic E-state index is 0.0335. The first kappa shape index (κ1) is 21.7. The van der Waals surface area contributed by atoms with E-state index in [0.717, 1.165) is 11.3 Å². The minimum atomic E-state index is -0.574. The smallest absolute Gasteiger partial charge is 0.416 e. The average Bonchev–Trinajstić information content (AvgIpc) is 3.47. The van der Waals surface area contributed by atoms with Crippen LogP contribution in [0.4, 0.5) is 16.3 Å². The zero-order chi connectivity index (χ0) is 22.4. The third kappa shape index (κ3) is 3.80. The van der Waals surface area contributed by atoms with Crippen LogP contribution in [0.3, 0.4) is 0 Å². The lowest BCUT2D eigenvalue weighted by atomic mass is 10.1. The first-order valence-electron chi connectivity index (χ1n) is 10.7. The van der Waals surface area contributed by atoms with Crippen LogP contribution in [0.15, 0.2) is 10.6 Å². The number of hydrogen-bond donors (Lipinski definition) is 0. The second-order valence-corrected chi connectivity index (χ2v) is 8.70. The molecule has 0 saturated carbocycles. The van der Waals surface area contributed by atoms with Gasteiger partial charge in [0.2, 0.25) is 0 Å². The molecule has 1 unspecified atom stereocenters. The molecule has 3 aliphatic rings. The van der Waals surface area contributed by atoms with Crippen molar-refractivity contribution in [2.24, 2.45) is 0 Å². The number of morpholine rings is 1. The van der Waals surface area contributed by atoms with E-state index in [-0.39, 0.29) is 18.3 Å². The van der Waals surface area contributed by atoms with Crippen molar-refractivity contribution < 1.29 is 33.0 Å². The Labute approximate surface area is 190 Å². The van der Waals surface area contributed by atoms with E-state index in [1.54, 1.807) is 7.11 Å². The lowest BCUT2D eigenvalue weighted by Crippen LogP contribution is -2.46. The van der Waals surface area contributed by atoms with E-state index in [4.69, 9.17) is 39.8 Å². The van der Waals surface area contributed by atoms with Gasteiger partial charge in [0.25, 0.3) is 0 Å². The topological polar surface area (TPSA) is 95.7 Å². The highest BCUT2D eigenvalue weighted by molar-refractivity contribution is 6.38. The molecule has 0 bridgehead atoms. The van der Waals surface area contributed by atoms with Gasteiger partial charge in [-0.1, -0.05) is 16.8 Å². The Morgan fingerprint density at radius 1 is 1.19 bits per heavy atom. The summed E-state index contributed by atoms with van der Waals surface area (Å²) >= 11 is 6.91. The van der Waals surface area contributed by atoms with Gasteiger partial charge in [-0.15, -0.1) is 0 Å². The van der Waals surface area contributed by atoms with Gasteiger partial charge in [-0.25, -0.2) is 4.79 Å². The van der Waals surface area contributed by atoms with Crippen molar-refractivity contribution in [3.05, 3.63) is 16.7 Å². The highest BCUT2D eigenvalue weighted by atomic mass is 35.5. The quantitative estimate of drug-likeness (QED) is 0.657. The van der Waals surface area contributed by atoms with Crippen LogP contribution >= 0.6 is 11.6 Å². The van der Waals surface area contributed by atoms with Crippen molar-refractivity contribution in [1.82, 2.24) is 5.16 Å². The van der Waals surface area contributed by atoms with Crippen LogP contribution in [0.25, 0.3) is 11.0 Å². The Balaban J connectivity index is 1.60. The van der Waals surface area contributed by atoms with Gasteiger partial charge in [0.1, 0.15) is 11.1 Å². The number of hydrogen-bond acceptors (Lipinski definition) is 9. The van der Waals surface area contributed by atoms with Crippen LogP contribution in [-0.4, -0.2) is 76.1 Å². The number of carbonyl (C=O) groups excluding carboxylic acids is 1. The number of fused-ring (bicyclic) bond motifs is 1. The third-order valence-electron chi connectivity index (χ3n) is 5.78. The molecule has 0 spiro atoms. The van der Waals surface area contributed by atoms with Gasteiger partial charge in [-0.3, -0.25) is 4.90 Å². The van der Waals surface area contributed by atoms with Crippen molar-refractivity contribution in [3.8, 4) is 0 Å². The summed E-state index contributed by atoms with van der Waals surface area (Å²) in [7, 11) is 1.56. The second-order valence-electron chi connectivity index (χ2n) is 8.32. The number of methoxy groups -OCH3 is 1. The number of nitrogens with zero attached hydrogens (tertiary/aromatic N) is 3. The fraction of sp³-hybridized carbons (Fsp3) is 0.619. The summed E-state index contributed by atoms with van der Waals surface area (Å²) < 4.78 is 33.7. The van der Waals surface area contributed by atoms with E-state index in [2.05, 4.69) is 10.1 Å². The maximum Gasteiger partial charge on any atom is 0.416 e. The molecule has 3 saturated heterocycles. The van der Waals surface area contributed by atoms with E-state index in [0.29, 0.717) is 61.3 Å². The molecular weight excluding hydrogens is 442 g/mol. The predicted molar refractivity (Wildman–Crippen MR) is 115 cm³/mol. The molecule has 1 amide bonds. The zero-order valence-corrected chi connectivity index (χ0v) is 19.0. The molecule has 3 aliphatic heterocycles. The SMILES string of the molecule is COCC1CN(c2noc3c(Cl)c(N4C[C@@H](C)O[C@H](C)C4)c(C4OCCO4)cc23)C(=O)O1. The Bertz CT molecular complexity index is 999. The third-order valence-corrected chi connectivity index (χ3v) is 6.13. The van der Waals surface area contributed by atoms with Crippen LogP contribution in [0, 0.1) is 0 Å². The van der Waals surface area contributed by atoms with Crippen molar-refractivity contribution >= 4 is 40.2 Å². The first-order valence-corrected chi connectivity index (χ1v) is 11.1. The molecule has 10 nitrogen and oxygen atoms in total. The number of ether oxygens (including phenoxy) is 5. The summed E-state index contributed by atoms with van der Waals surface area (Å²) in [5, 5.41) is 5.16. The molecule has 1 aromatic carbocycles. The molecule has 4 heterocycles. The van der Waals surface area contributed by atoms with Crippen molar-refractivity contribution in [2.45, 2.75) is 38.4 Å². The highest BCUT2D eigenvalue weighted by Crippen LogP contribution is 2.45. The molecule has 1 aromatic heterocycles. The monoisotopic (exact) mass is 467 g/mol. The van der Waals surface area contributed by atoms with Gasteiger partial charge in [0.05, 0.1) is 49.6 Å². The maximum absolute atomic E-state index is 12.5. The van der Waals surface area contributed by atoms with E-state index in [9.17, 15) is 4.79 Å². The van der Waals surface area contributed by atoms with E-state index < -0.39 is 12.4 Å². The normalized spacial score (nSPS) is 27.0. The fourth-order valence-electron chi connectivity index (χ4n) is 4.60. The zero-order valence-electron chi connectivity index (χ0n) is 18.2. The van der Waals surface area contributed by atoms with Gasteiger partial charge in [0.15, 0.2) is 17.7 Å². The van der Waals surface area contributed by atoms with Crippen molar-refractivity contribution in [3.63, 3.8) is 0 Å². The Kier molecular flexibility index (Phi) is 5.89. The Hall–Kier alpha value is -2.11. The van der Waals surface area contributed by atoms with E-state index >= 15 is 0 Å². The number of anilines is 2. The highest BCUT2D eigenvalue weighted by Gasteiger charge is 2.38. The van der Waals surface area contributed by atoms with E-state index in [1.807, 2.05) is 19.9 Å². The molecule has 32 heavy (non-hydrogen) atoms. The lowest BCUT2D eigenvalue weighted by molar-refractivity contribution is -0.0443. The number of aromatic nitrogens is 1. The van der Waals surface area contributed by atoms with Gasteiger partial charge in [-0.05, 0) is 19.9 Å². The summed E-state index contributed by atoms with van der Waals surface area (Å²) in [6.07, 6.45) is -1.40. The predicted octanol–water partition coefficient (Wildman–Crippen LogP) is 3.11. The number of rotatable bonds is 5. The summed E-state index contributed by atoms with van der Waals surface area (Å²) in [6.45, 7) is 6.95. The largest absolute Gasteiger partial charge is 0.441 e. The lowest BCUT2D eigenvalue weighted by Gasteiger charge is -2.38. The second kappa shape index (κ2) is 8.68. The molecule has 2 aromatic rings. The molecule has 11 heteroatoms. The Morgan fingerprint density at radius 2 is 1.91 bits per heavy atom. The number of cyclic esters (lactones) is 1. The van der Waals surface area contributed by atoms with Crippen molar-refractivity contribution in [1.29, 1.82) is 0 Å². The maximum atomic E-state index is 12.5. The minimum Gasteiger partial charge on any atom is -0.441 e. The first-order chi connectivity index (χ1) is 15.5. The summed E-state index contributed by atoms with van der Waals surface area (Å²) in [5.41, 5.74) is 1.94. The average molecular weight is 468 g/mol. The molecule has 0 aliphatic carbocycles. The molecular formula is C21H26ClN3O7. The number of amides is 1. The fourth-order valence-corrected chi connectivity index (χ4v) is 4.96. The molecule has 0 radical (unpaired) electrons. The Morgan fingerprint density at radius 3 is 2.59 bits per heavy atom. The summed E-state index contributed by atoms with van der Waals surface area (Å²) in [6, 6.07) is 1.89. The van der Waals surface area contributed by atoms with E-state index in [1.165, 1.54) is 4.90 Å². The molecule has 174 valence electrons. The van der Waals surface area contributed by atoms with Gasteiger partial charge in [-0.2, -0.15) is 0 Å². The summed E-state index contributed by atoms with van der Waals surface area (Å²) in [5.74, 6) is 0.347. The number of carbonyl (C=O) groups is 1. The van der Waals surface area contributed by atoms with Crippen LogP contribution in [0.2, 0.25) is 5.02 Å². The van der Waals surface area contributed by atoms with Crippen LogP contribution < -0.4 is 9.80 Å². The van der Waals surface area contributed by atoms with Gasteiger partial charge >= 0.3 is 6.09 Å². The van der Waals surface area contributed by atoms with Crippen molar-refractivity contribution in [2.75, 3.05) is 56.4 Å². The standard InChI is InChI=1S/C21H26ClN3O7/c1-11-7-24(8-12(2)30-11)17-14(20-28-4-5-29-20)6-15-18(16(17)22)32-23-19(15)25-9-13(10-27-3)31-21(25)26/h6,11-13,20H,4-5,7-10H2,1-3H3/t11-,12-,13?/m1/s1. The molecule has 3 atom stereocenters. The molecule has 3 fully saturated rings. The van der Waals surface area contributed by atoms with Gasteiger partial charge < -0.3 is 33.1 Å². The van der Waals surface area contributed by atoms with Crippen LogP contribution in [0.1, 0.15) is 25.7 Å². The number of benzene rings is 1. The molecule has 5 rings (SSSR count). The van der Waals surface area contributed by atoms with Gasteiger partial charge in [0, 0.05) is 25.8 Å². The number of halogens is 1. The molecule has 0 N–H and O–H groups in total.